The Morgan fingerprint density at radius 2 is 1.62 bits per heavy atom. The maximum absolute atomic E-state index is 13.7. The molecule has 1 saturated heterocycles. The number of ether oxygens (including phenoxy) is 1. The number of carbonyl (C=O) groups excluding carboxylic acids is 4. The van der Waals surface area contributed by atoms with Gasteiger partial charge >= 0.3 is 5.97 Å². The Bertz CT molecular complexity index is 1370. The van der Waals surface area contributed by atoms with Crippen molar-refractivity contribution < 1.29 is 23.9 Å². The van der Waals surface area contributed by atoms with E-state index in [9.17, 15) is 19.2 Å². The molecule has 3 aromatic carbocycles. The normalized spacial score (nSPS) is 18.5. The van der Waals surface area contributed by atoms with Gasteiger partial charge in [-0.3, -0.25) is 19.3 Å². The largest absolute Gasteiger partial charge is 0.458 e. The molecule has 1 atom stereocenters. The minimum atomic E-state index is -1.54. The molecule has 0 spiro atoms. The van der Waals surface area contributed by atoms with Crippen molar-refractivity contribution >= 4 is 35.1 Å². The Labute approximate surface area is 214 Å². The number of anilines is 2. The molecular weight excluding hydrogens is 470 g/mol. The van der Waals surface area contributed by atoms with Crippen LogP contribution in [0, 0.1) is 0 Å². The van der Waals surface area contributed by atoms with Gasteiger partial charge in [0.25, 0.3) is 11.8 Å². The van der Waals surface area contributed by atoms with Crippen LogP contribution in [0.25, 0.3) is 0 Å². The molecule has 2 aliphatic heterocycles. The average molecular weight is 498 g/mol. The van der Waals surface area contributed by atoms with Crippen LogP contribution in [0.1, 0.15) is 53.0 Å². The maximum atomic E-state index is 13.7. The van der Waals surface area contributed by atoms with Crippen LogP contribution in [0.15, 0.2) is 78.9 Å². The number of rotatable bonds is 6. The summed E-state index contributed by atoms with van der Waals surface area (Å²) in [5.74, 6) is -1.43. The Morgan fingerprint density at radius 1 is 0.946 bits per heavy atom. The summed E-state index contributed by atoms with van der Waals surface area (Å²) < 4.78 is 5.73. The quantitative estimate of drug-likeness (QED) is 0.510. The van der Waals surface area contributed by atoms with E-state index in [4.69, 9.17) is 4.74 Å². The highest BCUT2D eigenvalue weighted by molar-refractivity contribution is 6.15. The third kappa shape index (κ3) is 4.14. The number of hydrogen-bond acceptors (Lipinski definition) is 5. The predicted molar refractivity (Wildman–Crippen MR) is 138 cm³/mol. The molecule has 0 radical (unpaired) electrons. The second kappa shape index (κ2) is 9.54. The highest BCUT2D eigenvalue weighted by Crippen LogP contribution is 2.46. The molecule has 3 aromatic rings. The molecule has 1 unspecified atom stereocenters. The van der Waals surface area contributed by atoms with Gasteiger partial charge in [0.1, 0.15) is 6.61 Å². The predicted octanol–water partition coefficient (Wildman–Crippen LogP) is 4.37. The molecule has 0 saturated carbocycles. The Balaban J connectivity index is 1.36. The second-order valence-corrected chi connectivity index (χ2v) is 9.43. The highest BCUT2D eigenvalue weighted by Gasteiger charge is 2.62. The van der Waals surface area contributed by atoms with Gasteiger partial charge in [0.15, 0.2) is 0 Å². The van der Waals surface area contributed by atoms with Crippen LogP contribution in [-0.4, -0.2) is 40.3 Å². The lowest BCUT2D eigenvalue weighted by Crippen LogP contribution is -2.70. The zero-order valence-electron chi connectivity index (χ0n) is 20.6. The first-order valence-electron chi connectivity index (χ1n) is 12.2. The number of nitrogens with zero attached hydrogens (tertiary/aromatic N) is 2. The van der Waals surface area contributed by atoms with Gasteiger partial charge in [0.2, 0.25) is 11.6 Å². The Kier molecular flexibility index (Phi) is 6.25. The smallest absolute Gasteiger partial charge is 0.354 e. The standard InChI is InChI=1S/C29H27N3O5/c1-19(2)31-27(35)23-10-6-7-11-24(23)32-25(33)16-17-29(31,32)28(36)37-18-20-12-14-21(15-13-20)26(34)30-22-8-4-3-5-9-22/h3-15,19H,16-18H2,1-2H3,(H,30,34). The topological polar surface area (TPSA) is 96.0 Å². The molecule has 3 amide bonds. The Morgan fingerprint density at radius 3 is 2.32 bits per heavy atom. The van der Waals surface area contributed by atoms with E-state index in [1.165, 1.54) is 9.80 Å². The van der Waals surface area contributed by atoms with E-state index in [0.717, 1.165) is 0 Å². The third-order valence-corrected chi connectivity index (χ3v) is 6.76. The molecule has 37 heavy (non-hydrogen) atoms. The monoisotopic (exact) mass is 497 g/mol. The van der Waals surface area contributed by atoms with E-state index in [-0.39, 0.29) is 43.2 Å². The van der Waals surface area contributed by atoms with Crippen molar-refractivity contribution in [2.24, 2.45) is 0 Å². The maximum Gasteiger partial charge on any atom is 0.354 e. The van der Waals surface area contributed by atoms with E-state index >= 15 is 0 Å². The van der Waals surface area contributed by atoms with Crippen molar-refractivity contribution in [3.63, 3.8) is 0 Å². The molecule has 188 valence electrons. The van der Waals surface area contributed by atoms with Crippen LogP contribution in [0.4, 0.5) is 11.4 Å². The first-order valence-corrected chi connectivity index (χ1v) is 12.2. The lowest BCUT2D eigenvalue weighted by atomic mass is 9.95. The summed E-state index contributed by atoms with van der Waals surface area (Å²) in [5, 5.41) is 2.83. The number of hydrogen-bond donors (Lipinski definition) is 1. The van der Waals surface area contributed by atoms with Gasteiger partial charge in [-0.05, 0) is 55.8 Å². The van der Waals surface area contributed by atoms with Crippen molar-refractivity contribution in [3.05, 3.63) is 95.6 Å². The van der Waals surface area contributed by atoms with Gasteiger partial charge in [-0.2, -0.15) is 0 Å². The number of fused-ring (bicyclic) bond motifs is 3. The molecule has 8 nitrogen and oxygen atoms in total. The fraction of sp³-hybridized carbons (Fsp3) is 0.241. The first-order chi connectivity index (χ1) is 17.8. The zero-order valence-corrected chi connectivity index (χ0v) is 20.6. The number of amides is 3. The SMILES string of the molecule is CC(C)N1C(=O)c2ccccc2N2C(=O)CCC21C(=O)OCc1ccc(C(=O)Nc2ccccc2)cc1. The van der Waals surface area contributed by atoms with Gasteiger partial charge < -0.3 is 15.0 Å². The second-order valence-electron chi connectivity index (χ2n) is 9.43. The van der Waals surface area contributed by atoms with E-state index in [1.807, 2.05) is 32.0 Å². The molecule has 8 heteroatoms. The molecule has 0 aromatic heterocycles. The van der Waals surface area contributed by atoms with Crippen molar-refractivity contribution in [1.82, 2.24) is 4.90 Å². The summed E-state index contributed by atoms with van der Waals surface area (Å²) in [7, 11) is 0. The molecule has 0 bridgehead atoms. The van der Waals surface area contributed by atoms with Crippen LogP contribution in [0.2, 0.25) is 0 Å². The van der Waals surface area contributed by atoms with E-state index < -0.39 is 11.6 Å². The highest BCUT2D eigenvalue weighted by atomic mass is 16.5. The van der Waals surface area contributed by atoms with Crippen LogP contribution >= 0.6 is 0 Å². The third-order valence-electron chi connectivity index (χ3n) is 6.76. The lowest BCUT2D eigenvalue weighted by molar-refractivity contribution is -0.159. The number of nitrogens with one attached hydrogen (secondary N) is 1. The van der Waals surface area contributed by atoms with Crippen molar-refractivity contribution in [2.45, 2.75) is 45.0 Å². The summed E-state index contributed by atoms with van der Waals surface area (Å²) in [6.07, 6.45) is 0.284. The van der Waals surface area contributed by atoms with Crippen LogP contribution in [0.5, 0.6) is 0 Å². The van der Waals surface area contributed by atoms with Crippen LogP contribution in [0.3, 0.4) is 0 Å². The molecule has 1 fully saturated rings. The summed E-state index contributed by atoms with van der Waals surface area (Å²) >= 11 is 0. The van der Waals surface area contributed by atoms with Gasteiger partial charge in [-0.1, -0.05) is 42.5 Å². The van der Waals surface area contributed by atoms with E-state index in [0.29, 0.717) is 28.1 Å². The summed E-state index contributed by atoms with van der Waals surface area (Å²) in [4.78, 5) is 55.6. The molecule has 5 rings (SSSR count). The van der Waals surface area contributed by atoms with Crippen molar-refractivity contribution in [2.75, 3.05) is 10.2 Å². The lowest BCUT2D eigenvalue weighted by Gasteiger charge is -2.50. The van der Waals surface area contributed by atoms with E-state index in [1.54, 1.807) is 60.7 Å². The number of carbonyl (C=O) groups is 4. The summed E-state index contributed by atoms with van der Waals surface area (Å²) in [5.41, 5.74) is 1.11. The molecule has 2 aliphatic rings. The van der Waals surface area contributed by atoms with Gasteiger partial charge in [0, 0.05) is 30.1 Å². The first kappa shape index (κ1) is 24.2. The number of esters is 1. The van der Waals surface area contributed by atoms with Crippen LogP contribution < -0.4 is 10.2 Å². The van der Waals surface area contributed by atoms with Crippen molar-refractivity contribution in [3.8, 4) is 0 Å². The number of para-hydroxylation sites is 2. The van der Waals surface area contributed by atoms with E-state index in [2.05, 4.69) is 5.32 Å². The molecule has 1 N–H and O–H groups in total. The minimum absolute atomic E-state index is 0.0645. The fourth-order valence-electron chi connectivity index (χ4n) is 5.12. The number of benzene rings is 3. The van der Waals surface area contributed by atoms with Gasteiger partial charge in [-0.25, -0.2) is 4.79 Å². The van der Waals surface area contributed by atoms with Gasteiger partial charge in [0.05, 0.1) is 11.3 Å². The molecular formula is C29H27N3O5. The van der Waals surface area contributed by atoms with Crippen molar-refractivity contribution in [1.29, 1.82) is 0 Å². The fourth-order valence-corrected chi connectivity index (χ4v) is 5.12. The Hall–Kier alpha value is -4.46. The van der Waals surface area contributed by atoms with Crippen LogP contribution in [-0.2, 0) is 20.9 Å². The molecule has 0 aliphatic carbocycles. The minimum Gasteiger partial charge on any atom is -0.458 e. The van der Waals surface area contributed by atoms with Gasteiger partial charge in [-0.15, -0.1) is 0 Å². The summed E-state index contributed by atoms with van der Waals surface area (Å²) in [6.45, 7) is 3.58. The molecule has 2 heterocycles. The summed E-state index contributed by atoms with van der Waals surface area (Å²) in [6, 6.07) is 22.4. The zero-order chi connectivity index (χ0) is 26.2. The average Bonchev–Trinajstić information content (AvgIpc) is 3.26.